The summed E-state index contributed by atoms with van der Waals surface area (Å²) in [4.78, 5) is 16.4. The molecule has 0 saturated carbocycles. The molecule has 3 heterocycles. The molecule has 0 amide bonds. The van der Waals surface area contributed by atoms with Crippen LogP contribution in [0.5, 0.6) is 5.75 Å². The molecule has 0 aliphatic carbocycles. The number of aryl methyl sites for hydroxylation is 3. The van der Waals surface area contributed by atoms with Crippen LogP contribution in [0.1, 0.15) is 27.8 Å². The molecule has 31 heavy (non-hydrogen) atoms. The van der Waals surface area contributed by atoms with Gasteiger partial charge in [-0.25, -0.2) is 13.2 Å². The fraction of sp³-hybridized carbons (Fsp3) is 0.409. The Hall–Kier alpha value is -2.20. The summed E-state index contributed by atoms with van der Waals surface area (Å²) in [6.45, 7) is 8.17. The third-order valence-electron chi connectivity index (χ3n) is 5.75. The van der Waals surface area contributed by atoms with E-state index in [0.717, 1.165) is 26.3 Å². The quantitative estimate of drug-likeness (QED) is 0.586. The Morgan fingerprint density at radius 1 is 1.06 bits per heavy atom. The highest BCUT2D eigenvalue weighted by atomic mass is 32.2. The van der Waals surface area contributed by atoms with Gasteiger partial charge in [-0.15, -0.1) is 11.3 Å². The molecule has 0 unspecified atom stereocenters. The van der Waals surface area contributed by atoms with Gasteiger partial charge in [-0.2, -0.15) is 4.31 Å². The van der Waals surface area contributed by atoms with Gasteiger partial charge in [0.15, 0.2) is 0 Å². The highest BCUT2D eigenvalue weighted by Gasteiger charge is 2.30. The standard InChI is InChI=1S/C22H26N2O5S2/c1-4-16-10-18-17(11-22(26)29-20(18)12-19(16)25)13-23-5-7-24(8-6-23)31(27,28)21-9-14(2)30-15(21)3/h9-12,25H,4-8,13H2,1-3H3. The SMILES string of the molecule is CCc1cc2c(CN3CCN(S(=O)(=O)c4cc(C)sc4C)CC3)cc(=O)oc2cc1O. The predicted molar refractivity (Wildman–Crippen MR) is 121 cm³/mol. The van der Waals surface area contributed by atoms with Crippen molar-refractivity contribution in [2.24, 2.45) is 0 Å². The maximum absolute atomic E-state index is 13.0. The number of fused-ring (bicyclic) bond motifs is 1. The zero-order valence-electron chi connectivity index (χ0n) is 17.8. The summed E-state index contributed by atoms with van der Waals surface area (Å²) >= 11 is 1.50. The number of rotatable bonds is 5. The van der Waals surface area contributed by atoms with Crippen LogP contribution in [0, 0.1) is 13.8 Å². The number of nitrogens with zero attached hydrogens (tertiary/aromatic N) is 2. The lowest BCUT2D eigenvalue weighted by Crippen LogP contribution is -2.48. The predicted octanol–water partition coefficient (Wildman–Crippen LogP) is 3.25. The first kappa shape index (κ1) is 22.0. The van der Waals surface area contributed by atoms with Gasteiger partial charge < -0.3 is 9.52 Å². The molecule has 7 nitrogen and oxygen atoms in total. The van der Waals surface area contributed by atoms with E-state index in [0.29, 0.717) is 49.6 Å². The number of hydrogen-bond donors (Lipinski definition) is 1. The smallest absolute Gasteiger partial charge is 0.336 e. The second-order valence-electron chi connectivity index (χ2n) is 7.88. The van der Waals surface area contributed by atoms with Crippen LogP contribution in [-0.4, -0.2) is 48.9 Å². The van der Waals surface area contributed by atoms with Crippen molar-refractivity contribution in [2.75, 3.05) is 26.2 Å². The Labute approximate surface area is 185 Å². The Morgan fingerprint density at radius 3 is 2.39 bits per heavy atom. The summed E-state index contributed by atoms with van der Waals surface area (Å²) in [6.07, 6.45) is 0.665. The van der Waals surface area contributed by atoms with Crippen molar-refractivity contribution in [2.45, 2.75) is 38.6 Å². The maximum atomic E-state index is 13.0. The van der Waals surface area contributed by atoms with Gasteiger partial charge in [-0.1, -0.05) is 6.92 Å². The van der Waals surface area contributed by atoms with Gasteiger partial charge in [0.05, 0.1) is 4.90 Å². The number of benzene rings is 1. The topological polar surface area (TPSA) is 91.1 Å². The minimum Gasteiger partial charge on any atom is -0.508 e. The van der Waals surface area contributed by atoms with Crippen molar-refractivity contribution >= 4 is 32.3 Å². The first-order valence-electron chi connectivity index (χ1n) is 10.3. The summed E-state index contributed by atoms with van der Waals surface area (Å²) in [6, 6.07) is 6.59. The third kappa shape index (κ3) is 4.27. The third-order valence-corrected chi connectivity index (χ3v) is 8.87. The van der Waals surface area contributed by atoms with E-state index < -0.39 is 15.6 Å². The number of sulfonamides is 1. The molecule has 1 aromatic carbocycles. The lowest BCUT2D eigenvalue weighted by Gasteiger charge is -2.34. The molecular weight excluding hydrogens is 436 g/mol. The van der Waals surface area contributed by atoms with Gasteiger partial charge in [-0.3, -0.25) is 4.90 Å². The van der Waals surface area contributed by atoms with Crippen molar-refractivity contribution < 1.29 is 17.9 Å². The van der Waals surface area contributed by atoms with E-state index in [-0.39, 0.29) is 5.75 Å². The zero-order chi connectivity index (χ0) is 22.3. The highest BCUT2D eigenvalue weighted by Crippen LogP contribution is 2.30. The van der Waals surface area contributed by atoms with Crippen LogP contribution in [0.3, 0.4) is 0 Å². The van der Waals surface area contributed by atoms with Crippen LogP contribution < -0.4 is 5.63 Å². The molecule has 166 valence electrons. The van der Waals surface area contributed by atoms with E-state index in [1.807, 2.05) is 26.8 Å². The lowest BCUT2D eigenvalue weighted by molar-refractivity contribution is 0.182. The number of phenolic OH excluding ortho intramolecular Hbond substituents is 1. The second-order valence-corrected chi connectivity index (χ2v) is 11.2. The van der Waals surface area contributed by atoms with E-state index in [4.69, 9.17) is 4.42 Å². The van der Waals surface area contributed by atoms with Crippen molar-refractivity contribution in [3.05, 3.63) is 55.6 Å². The van der Waals surface area contributed by atoms with Gasteiger partial charge in [0.2, 0.25) is 10.0 Å². The molecule has 1 N–H and O–H groups in total. The Balaban J connectivity index is 1.53. The van der Waals surface area contributed by atoms with E-state index >= 15 is 0 Å². The second kappa shape index (κ2) is 8.38. The van der Waals surface area contributed by atoms with Gasteiger partial charge in [0, 0.05) is 60.0 Å². The van der Waals surface area contributed by atoms with Crippen molar-refractivity contribution in [1.29, 1.82) is 0 Å². The van der Waals surface area contributed by atoms with Gasteiger partial charge in [0.25, 0.3) is 0 Å². The Morgan fingerprint density at radius 2 is 1.77 bits per heavy atom. The van der Waals surface area contributed by atoms with E-state index in [1.165, 1.54) is 23.5 Å². The fourth-order valence-corrected chi connectivity index (χ4v) is 7.04. The van der Waals surface area contributed by atoms with Gasteiger partial charge >= 0.3 is 5.63 Å². The summed E-state index contributed by atoms with van der Waals surface area (Å²) in [5.74, 6) is 0.119. The molecule has 4 rings (SSSR count). The fourth-order valence-electron chi connectivity index (χ4n) is 4.09. The molecule has 1 aliphatic heterocycles. The number of thiophene rings is 1. The average molecular weight is 463 g/mol. The normalized spacial score (nSPS) is 16.2. The van der Waals surface area contributed by atoms with Crippen LogP contribution in [0.15, 0.2) is 38.4 Å². The van der Waals surface area contributed by atoms with Crippen LogP contribution in [-0.2, 0) is 23.0 Å². The molecule has 0 spiro atoms. The Bertz CT molecular complexity index is 1290. The molecular formula is C22H26N2O5S2. The molecule has 1 aliphatic rings. The molecule has 0 radical (unpaired) electrons. The molecule has 1 saturated heterocycles. The van der Waals surface area contributed by atoms with Gasteiger partial charge in [-0.05, 0) is 43.5 Å². The van der Waals surface area contributed by atoms with Gasteiger partial charge in [0.1, 0.15) is 11.3 Å². The zero-order valence-corrected chi connectivity index (χ0v) is 19.5. The van der Waals surface area contributed by atoms with Crippen LogP contribution in [0.4, 0.5) is 0 Å². The first-order chi connectivity index (χ1) is 14.7. The van der Waals surface area contributed by atoms with Crippen molar-refractivity contribution in [1.82, 2.24) is 9.21 Å². The maximum Gasteiger partial charge on any atom is 0.336 e. The number of hydrogen-bond acceptors (Lipinski definition) is 7. The molecule has 9 heteroatoms. The van der Waals surface area contributed by atoms with Crippen LogP contribution in [0.25, 0.3) is 11.0 Å². The van der Waals surface area contributed by atoms with E-state index in [1.54, 1.807) is 10.4 Å². The minimum atomic E-state index is -3.50. The lowest BCUT2D eigenvalue weighted by atomic mass is 10.0. The average Bonchev–Trinajstić information content (AvgIpc) is 3.06. The van der Waals surface area contributed by atoms with Crippen molar-refractivity contribution in [3.8, 4) is 5.75 Å². The molecule has 0 atom stereocenters. The number of aromatic hydroxyl groups is 1. The van der Waals surface area contributed by atoms with Crippen LogP contribution in [0.2, 0.25) is 0 Å². The highest BCUT2D eigenvalue weighted by molar-refractivity contribution is 7.89. The van der Waals surface area contributed by atoms with E-state index in [2.05, 4.69) is 4.90 Å². The minimum absolute atomic E-state index is 0.119. The summed E-state index contributed by atoms with van der Waals surface area (Å²) in [7, 11) is -3.50. The summed E-state index contributed by atoms with van der Waals surface area (Å²) < 4.78 is 32.9. The summed E-state index contributed by atoms with van der Waals surface area (Å²) in [5.41, 5.74) is 1.51. The molecule has 3 aromatic rings. The first-order valence-corrected chi connectivity index (χ1v) is 12.5. The van der Waals surface area contributed by atoms with Crippen molar-refractivity contribution in [3.63, 3.8) is 0 Å². The largest absolute Gasteiger partial charge is 0.508 e. The van der Waals surface area contributed by atoms with E-state index in [9.17, 15) is 18.3 Å². The van der Waals surface area contributed by atoms with Crippen LogP contribution >= 0.6 is 11.3 Å². The monoisotopic (exact) mass is 462 g/mol. The number of piperazine rings is 1. The Kier molecular flexibility index (Phi) is 5.95. The summed E-state index contributed by atoms with van der Waals surface area (Å²) in [5, 5.41) is 10.9. The molecule has 1 fully saturated rings. The molecule has 2 aromatic heterocycles. The number of phenols is 1. The molecule has 0 bridgehead atoms.